The quantitative estimate of drug-likeness (QED) is 0.757. The first-order valence-corrected chi connectivity index (χ1v) is 10.3. The van der Waals surface area contributed by atoms with E-state index in [1.807, 2.05) is 31.2 Å². The normalized spacial score (nSPS) is 18.5. The van der Waals surface area contributed by atoms with Crippen molar-refractivity contribution in [2.24, 2.45) is 4.99 Å². The highest BCUT2D eigenvalue weighted by molar-refractivity contribution is 6.01. The maximum atomic E-state index is 11.1. The number of hydrogen-bond acceptors (Lipinski definition) is 5. The molecule has 2 aromatic rings. The van der Waals surface area contributed by atoms with Crippen molar-refractivity contribution in [2.75, 3.05) is 6.54 Å². The van der Waals surface area contributed by atoms with E-state index in [-0.39, 0.29) is 17.7 Å². The van der Waals surface area contributed by atoms with Crippen molar-refractivity contribution in [1.29, 1.82) is 5.26 Å². The highest BCUT2D eigenvalue weighted by atomic mass is 16.5. The number of nitrogens with one attached hydrogen (secondary N) is 1. The van der Waals surface area contributed by atoms with Gasteiger partial charge in [0, 0.05) is 24.6 Å². The molecule has 2 aliphatic rings. The molecule has 2 aromatic carbocycles. The molecule has 156 valence electrons. The number of carbonyl (C=O) groups is 1. The van der Waals surface area contributed by atoms with E-state index in [2.05, 4.69) is 23.5 Å². The van der Waals surface area contributed by atoms with Gasteiger partial charge in [-0.25, -0.2) is 4.79 Å². The van der Waals surface area contributed by atoms with Crippen LogP contribution in [-0.2, 0) is 0 Å². The zero-order valence-electron chi connectivity index (χ0n) is 17.2. The summed E-state index contributed by atoms with van der Waals surface area (Å²) >= 11 is 0. The minimum absolute atomic E-state index is 0.0464. The number of allylic oxidation sites excluding steroid dienone is 1. The van der Waals surface area contributed by atoms with E-state index < -0.39 is 5.97 Å². The third-order valence-corrected chi connectivity index (χ3v) is 5.52. The van der Waals surface area contributed by atoms with Gasteiger partial charge in [0.05, 0.1) is 17.2 Å². The van der Waals surface area contributed by atoms with Gasteiger partial charge in [-0.2, -0.15) is 5.26 Å². The summed E-state index contributed by atoms with van der Waals surface area (Å²) < 4.78 is 6.28. The molecule has 2 N–H and O–H groups in total. The summed E-state index contributed by atoms with van der Waals surface area (Å²) in [4.78, 5) is 15.8. The summed E-state index contributed by atoms with van der Waals surface area (Å²) in [6, 6.07) is 16.1. The summed E-state index contributed by atoms with van der Waals surface area (Å²) in [5.41, 5.74) is 4.13. The minimum atomic E-state index is -0.935. The van der Waals surface area contributed by atoms with Crippen molar-refractivity contribution in [3.8, 4) is 11.8 Å². The number of aromatic carboxylic acids is 1. The Bertz CT molecular complexity index is 1110. The monoisotopic (exact) mass is 413 g/mol. The third kappa shape index (κ3) is 4.51. The van der Waals surface area contributed by atoms with Crippen molar-refractivity contribution in [2.45, 2.75) is 31.9 Å². The van der Waals surface area contributed by atoms with Gasteiger partial charge in [0.2, 0.25) is 0 Å². The predicted molar refractivity (Wildman–Crippen MR) is 118 cm³/mol. The van der Waals surface area contributed by atoms with E-state index in [9.17, 15) is 4.79 Å². The number of dihydropyridines is 1. The maximum absolute atomic E-state index is 11.1. The lowest BCUT2D eigenvalue weighted by molar-refractivity contribution is 0.0697. The van der Waals surface area contributed by atoms with Crippen molar-refractivity contribution in [3.63, 3.8) is 0 Å². The van der Waals surface area contributed by atoms with E-state index >= 15 is 0 Å². The Kier molecular flexibility index (Phi) is 5.85. The molecule has 0 spiro atoms. The molecular formula is C25H23N3O3. The lowest BCUT2D eigenvalue weighted by atomic mass is 9.89. The predicted octanol–water partition coefficient (Wildman–Crippen LogP) is 4.41. The van der Waals surface area contributed by atoms with Crippen LogP contribution in [0.1, 0.15) is 47.3 Å². The zero-order valence-corrected chi connectivity index (χ0v) is 17.2. The van der Waals surface area contributed by atoms with Crippen LogP contribution in [0.2, 0.25) is 0 Å². The van der Waals surface area contributed by atoms with Crippen LogP contribution in [0.5, 0.6) is 5.75 Å². The van der Waals surface area contributed by atoms with Crippen LogP contribution in [0, 0.1) is 11.3 Å². The number of ether oxygens (including phenoxy) is 1. The first-order valence-electron chi connectivity index (χ1n) is 10.3. The van der Waals surface area contributed by atoms with E-state index in [4.69, 9.17) is 20.1 Å². The Hall–Kier alpha value is -3.85. The Morgan fingerprint density at radius 3 is 2.65 bits per heavy atom. The van der Waals surface area contributed by atoms with Gasteiger partial charge in [-0.15, -0.1) is 0 Å². The molecule has 0 aromatic heterocycles. The first-order chi connectivity index (χ1) is 15.0. The number of nitriles is 1. The number of carboxylic acid groups (broad SMARTS) is 1. The fourth-order valence-corrected chi connectivity index (χ4v) is 3.85. The number of aliphatic imine (C=N–C) groups is 1. The Morgan fingerprint density at radius 2 is 1.97 bits per heavy atom. The molecule has 0 saturated heterocycles. The topological polar surface area (TPSA) is 94.7 Å². The molecule has 6 nitrogen and oxygen atoms in total. The zero-order chi connectivity index (χ0) is 21.8. The van der Waals surface area contributed by atoms with Gasteiger partial charge in [0.25, 0.3) is 0 Å². The Labute approximate surface area is 181 Å². The molecule has 0 saturated carbocycles. The second kappa shape index (κ2) is 8.88. The van der Waals surface area contributed by atoms with Gasteiger partial charge < -0.3 is 15.2 Å². The lowest BCUT2D eigenvalue weighted by Gasteiger charge is -2.31. The molecule has 1 aliphatic carbocycles. The largest absolute Gasteiger partial charge is 0.485 e. The smallest absolute Gasteiger partial charge is 0.335 e. The molecule has 6 heteroatoms. The fraction of sp³-hybridized carbons (Fsp3) is 0.240. The highest BCUT2D eigenvalue weighted by Gasteiger charge is 2.29. The second-order valence-electron chi connectivity index (χ2n) is 7.59. The molecule has 1 aliphatic heterocycles. The molecule has 0 fully saturated rings. The standard InChI is InChI=1S/C25H23N3O3/c1-16(18-7-9-20(10-8-18)25(29)30)28-24-23-19(13-14-27-24)3-2-4-22(23)31-21-11-5-17(15-26)6-12-21/h2-3,5-12,16,22H,4,13-14H2,1H3,(H,27,28)(H,29,30)/t16-,22?/m0/s1. The lowest BCUT2D eigenvalue weighted by Crippen LogP contribution is -2.38. The van der Waals surface area contributed by atoms with Crippen molar-refractivity contribution < 1.29 is 14.6 Å². The summed E-state index contributed by atoms with van der Waals surface area (Å²) in [5, 5.41) is 21.6. The maximum Gasteiger partial charge on any atom is 0.335 e. The number of benzene rings is 2. The van der Waals surface area contributed by atoms with Crippen LogP contribution in [0.3, 0.4) is 0 Å². The van der Waals surface area contributed by atoms with Gasteiger partial charge in [-0.3, -0.25) is 4.99 Å². The summed E-state index contributed by atoms with van der Waals surface area (Å²) in [5.74, 6) is 0.600. The van der Waals surface area contributed by atoms with Gasteiger partial charge in [0.15, 0.2) is 0 Å². The molecule has 1 unspecified atom stereocenters. The Balaban J connectivity index is 1.53. The average molecular weight is 413 g/mol. The molecular weight excluding hydrogens is 390 g/mol. The minimum Gasteiger partial charge on any atom is -0.485 e. The van der Waals surface area contributed by atoms with Crippen molar-refractivity contribution >= 4 is 11.8 Å². The van der Waals surface area contributed by atoms with Crippen LogP contribution >= 0.6 is 0 Å². The van der Waals surface area contributed by atoms with E-state index in [0.717, 1.165) is 29.8 Å². The molecule has 2 atom stereocenters. The first kappa shape index (κ1) is 20.4. The van der Waals surface area contributed by atoms with Gasteiger partial charge in [-0.1, -0.05) is 24.3 Å². The number of nitrogens with zero attached hydrogens (tertiary/aromatic N) is 2. The van der Waals surface area contributed by atoms with Crippen LogP contribution in [-0.4, -0.2) is 29.6 Å². The summed E-state index contributed by atoms with van der Waals surface area (Å²) in [6.45, 7) is 2.74. The summed E-state index contributed by atoms with van der Waals surface area (Å²) in [7, 11) is 0. The van der Waals surface area contributed by atoms with E-state index in [1.54, 1.807) is 24.3 Å². The molecule has 1 heterocycles. The molecule has 0 amide bonds. The number of rotatable bonds is 5. The SMILES string of the molecule is C[C@H](NC1=NCCC2=C1C(Oc1ccc(C#N)cc1)CC=C2)c1ccc(C(=O)O)cc1. The van der Waals surface area contributed by atoms with Gasteiger partial charge in [-0.05, 0) is 60.9 Å². The molecule has 31 heavy (non-hydrogen) atoms. The molecule has 0 radical (unpaired) electrons. The molecule has 0 bridgehead atoms. The number of hydrogen-bond donors (Lipinski definition) is 2. The molecule has 4 rings (SSSR count). The van der Waals surface area contributed by atoms with Crippen LogP contribution in [0.4, 0.5) is 0 Å². The highest BCUT2D eigenvalue weighted by Crippen LogP contribution is 2.30. The van der Waals surface area contributed by atoms with E-state index in [1.165, 1.54) is 5.57 Å². The summed E-state index contributed by atoms with van der Waals surface area (Å²) in [6.07, 6.45) is 5.72. The average Bonchev–Trinajstić information content (AvgIpc) is 2.80. The number of amidine groups is 1. The second-order valence-corrected chi connectivity index (χ2v) is 7.59. The fourth-order valence-electron chi connectivity index (χ4n) is 3.85. The van der Waals surface area contributed by atoms with Gasteiger partial charge in [0.1, 0.15) is 17.7 Å². The van der Waals surface area contributed by atoms with E-state index in [0.29, 0.717) is 17.9 Å². The van der Waals surface area contributed by atoms with Crippen molar-refractivity contribution in [1.82, 2.24) is 5.32 Å². The Morgan fingerprint density at radius 1 is 1.23 bits per heavy atom. The third-order valence-electron chi connectivity index (χ3n) is 5.52. The number of carboxylic acids is 1. The van der Waals surface area contributed by atoms with Crippen LogP contribution in [0.15, 0.2) is 76.8 Å². The van der Waals surface area contributed by atoms with Crippen LogP contribution in [0.25, 0.3) is 0 Å². The van der Waals surface area contributed by atoms with Crippen LogP contribution < -0.4 is 10.1 Å². The van der Waals surface area contributed by atoms with Gasteiger partial charge >= 0.3 is 5.97 Å². The van der Waals surface area contributed by atoms with Crippen molar-refractivity contribution in [3.05, 3.63) is 88.5 Å².